The van der Waals surface area contributed by atoms with Gasteiger partial charge in [0.15, 0.2) is 5.82 Å². The molecule has 2 heteroatoms. The molecule has 0 saturated carbocycles. The van der Waals surface area contributed by atoms with Crippen LogP contribution in [0.15, 0.2) is 206 Å². The van der Waals surface area contributed by atoms with Crippen LogP contribution in [0.1, 0.15) is 25.0 Å². The van der Waals surface area contributed by atoms with E-state index >= 15 is 0 Å². The van der Waals surface area contributed by atoms with Gasteiger partial charge in [-0.3, -0.25) is 0 Å². The van der Waals surface area contributed by atoms with E-state index in [4.69, 9.17) is 9.97 Å². The number of nitrogens with zero attached hydrogens (tertiary/aromatic N) is 2. The maximum absolute atomic E-state index is 5.34. The molecule has 0 aliphatic heterocycles. The summed E-state index contributed by atoms with van der Waals surface area (Å²) in [6, 6.07) is 74.2. The quantitative estimate of drug-likeness (QED) is 0.169. The molecule has 278 valence electrons. The number of rotatable bonds is 6. The van der Waals surface area contributed by atoms with Gasteiger partial charge < -0.3 is 0 Å². The summed E-state index contributed by atoms with van der Waals surface area (Å²) in [6.07, 6.45) is 0. The van der Waals surface area contributed by atoms with Gasteiger partial charge in [-0.05, 0) is 89.3 Å². The van der Waals surface area contributed by atoms with Gasteiger partial charge in [0, 0.05) is 22.1 Å². The molecule has 0 saturated heterocycles. The third-order valence-electron chi connectivity index (χ3n) is 12.3. The Balaban J connectivity index is 1.12. The maximum Gasteiger partial charge on any atom is 0.160 e. The third kappa shape index (κ3) is 5.79. The van der Waals surface area contributed by atoms with Crippen LogP contribution in [0.5, 0.6) is 0 Å². The van der Waals surface area contributed by atoms with E-state index in [2.05, 4.69) is 214 Å². The van der Waals surface area contributed by atoms with Gasteiger partial charge in [-0.2, -0.15) is 0 Å². The summed E-state index contributed by atoms with van der Waals surface area (Å²) in [5.74, 6) is 0.698. The lowest BCUT2D eigenvalue weighted by atomic mass is 9.80. The van der Waals surface area contributed by atoms with Crippen molar-refractivity contribution < 1.29 is 0 Å². The highest BCUT2D eigenvalue weighted by Crippen LogP contribution is 2.55. The normalized spacial score (nSPS) is 12.7. The standard InChI is InChI=1S/C57H40N2/c1-57(2)51-28-16-27-48(54(51)49-32-29-39-21-12-13-24-42(39)55(49)57)45-33-34-46(44-26-15-14-25-43(44)45)52-36-53(59-56(58-52)40-22-10-5-11-23-40)47-31-30-41(37-17-6-3-7-18-37)35-50(47)38-19-8-4-9-20-38/h3-36H,1-2H3. The molecule has 0 radical (unpaired) electrons. The van der Waals surface area contributed by atoms with Gasteiger partial charge in [-0.1, -0.05) is 208 Å². The first-order chi connectivity index (χ1) is 29.0. The van der Waals surface area contributed by atoms with Crippen LogP contribution in [0.3, 0.4) is 0 Å². The Morgan fingerprint density at radius 2 is 0.898 bits per heavy atom. The molecule has 0 atom stereocenters. The molecule has 2 nitrogen and oxygen atoms in total. The Bertz CT molecular complexity index is 3220. The van der Waals surface area contributed by atoms with Crippen molar-refractivity contribution in [1.29, 1.82) is 0 Å². The molecule has 1 heterocycles. The molecular formula is C57H40N2. The van der Waals surface area contributed by atoms with Crippen molar-refractivity contribution in [3.8, 4) is 78.4 Å². The van der Waals surface area contributed by atoms with E-state index in [0.717, 1.165) is 44.6 Å². The van der Waals surface area contributed by atoms with Gasteiger partial charge in [0.1, 0.15) is 0 Å². The van der Waals surface area contributed by atoms with Gasteiger partial charge in [0.2, 0.25) is 0 Å². The van der Waals surface area contributed by atoms with E-state index in [1.807, 2.05) is 6.07 Å². The second-order valence-corrected chi connectivity index (χ2v) is 16.1. The van der Waals surface area contributed by atoms with E-state index in [-0.39, 0.29) is 5.41 Å². The minimum Gasteiger partial charge on any atom is -0.228 e. The topological polar surface area (TPSA) is 25.8 Å². The van der Waals surface area contributed by atoms with Crippen LogP contribution in [0, 0.1) is 0 Å². The van der Waals surface area contributed by atoms with Crippen LogP contribution in [-0.2, 0) is 5.41 Å². The van der Waals surface area contributed by atoms with Gasteiger partial charge in [-0.15, -0.1) is 0 Å². The van der Waals surface area contributed by atoms with Crippen molar-refractivity contribution >= 4 is 21.5 Å². The highest BCUT2D eigenvalue weighted by molar-refractivity contribution is 6.09. The Morgan fingerprint density at radius 3 is 1.63 bits per heavy atom. The summed E-state index contributed by atoms with van der Waals surface area (Å²) < 4.78 is 0. The second kappa shape index (κ2) is 13.9. The van der Waals surface area contributed by atoms with Crippen molar-refractivity contribution in [2.75, 3.05) is 0 Å². The average Bonchev–Trinajstić information content (AvgIpc) is 3.55. The lowest BCUT2D eigenvalue weighted by Gasteiger charge is -2.23. The minimum atomic E-state index is -0.139. The van der Waals surface area contributed by atoms with Gasteiger partial charge in [-0.25, -0.2) is 9.97 Å². The van der Waals surface area contributed by atoms with Crippen LogP contribution >= 0.6 is 0 Å². The molecule has 0 amide bonds. The molecule has 9 aromatic carbocycles. The monoisotopic (exact) mass is 752 g/mol. The minimum absolute atomic E-state index is 0.139. The van der Waals surface area contributed by atoms with Crippen LogP contribution in [0.25, 0.3) is 100.0 Å². The molecule has 0 N–H and O–H groups in total. The summed E-state index contributed by atoms with van der Waals surface area (Å²) in [6.45, 7) is 4.76. The van der Waals surface area contributed by atoms with Crippen molar-refractivity contribution in [1.82, 2.24) is 9.97 Å². The highest BCUT2D eigenvalue weighted by atomic mass is 14.9. The smallest absolute Gasteiger partial charge is 0.160 e. The molecule has 11 rings (SSSR count). The molecule has 0 unspecified atom stereocenters. The molecule has 1 aliphatic rings. The number of hydrogen-bond acceptors (Lipinski definition) is 2. The van der Waals surface area contributed by atoms with Crippen LogP contribution in [0.4, 0.5) is 0 Å². The van der Waals surface area contributed by atoms with Crippen LogP contribution < -0.4 is 0 Å². The zero-order valence-electron chi connectivity index (χ0n) is 33.0. The van der Waals surface area contributed by atoms with E-state index in [1.165, 1.54) is 60.7 Å². The number of benzene rings is 9. The van der Waals surface area contributed by atoms with Crippen LogP contribution in [0.2, 0.25) is 0 Å². The van der Waals surface area contributed by atoms with E-state index in [9.17, 15) is 0 Å². The molecule has 59 heavy (non-hydrogen) atoms. The lowest BCUT2D eigenvalue weighted by molar-refractivity contribution is 0.666. The molecule has 10 aromatic rings. The molecule has 1 aromatic heterocycles. The Hall–Kier alpha value is -7.42. The first-order valence-electron chi connectivity index (χ1n) is 20.4. The first-order valence-corrected chi connectivity index (χ1v) is 20.4. The Labute approximate surface area is 345 Å². The van der Waals surface area contributed by atoms with Gasteiger partial charge in [0.25, 0.3) is 0 Å². The fraction of sp³-hybridized carbons (Fsp3) is 0.0526. The predicted molar refractivity (Wildman–Crippen MR) is 247 cm³/mol. The molecular weight excluding hydrogens is 713 g/mol. The second-order valence-electron chi connectivity index (χ2n) is 16.1. The van der Waals surface area contributed by atoms with E-state index in [1.54, 1.807) is 0 Å². The van der Waals surface area contributed by atoms with Crippen molar-refractivity contribution in [2.24, 2.45) is 0 Å². The zero-order valence-corrected chi connectivity index (χ0v) is 33.0. The van der Waals surface area contributed by atoms with Crippen LogP contribution in [-0.4, -0.2) is 9.97 Å². The Morgan fingerprint density at radius 1 is 0.339 bits per heavy atom. The van der Waals surface area contributed by atoms with Crippen molar-refractivity contribution in [3.63, 3.8) is 0 Å². The SMILES string of the molecule is CC1(C)c2cccc(-c3ccc(-c4cc(-c5ccc(-c6ccccc6)cc5-c5ccccc5)nc(-c5ccccc5)n4)c4ccccc34)c2-c2ccc3ccccc3c21. The third-order valence-corrected chi connectivity index (χ3v) is 12.3. The number of aromatic nitrogens is 2. The van der Waals surface area contributed by atoms with Crippen molar-refractivity contribution in [2.45, 2.75) is 19.3 Å². The zero-order chi connectivity index (χ0) is 39.5. The largest absolute Gasteiger partial charge is 0.228 e. The molecule has 1 aliphatic carbocycles. The summed E-state index contributed by atoms with van der Waals surface area (Å²) in [5, 5.41) is 4.97. The van der Waals surface area contributed by atoms with E-state index < -0.39 is 0 Å². The molecule has 0 fully saturated rings. The first kappa shape index (κ1) is 34.8. The fourth-order valence-electron chi connectivity index (χ4n) is 9.51. The fourth-order valence-corrected chi connectivity index (χ4v) is 9.51. The lowest BCUT2D eigenvalue weighted by Crippen LogP contribution is -2.15. The van der Waals surface area contributed by atoms with Gasteiger partial charge in [0.05, 0.1) is 11.4 Å². The predicted octanol–water partition coefficient (Wildman–Crippen LogP) is 15.1. The van der Waals surface area contributed by atoms with Crippen molar-refractivity contribution in [3.05, 3.63) is 217 Å². The molecule has 0 bridgehead atoms. The van der Waals surface area contributed by atoms with E-state index in [0.29, 0.717) is 5.82 Å². The summed E-state index contributed by atoms with van der Waals surface area (Å²) in [5.41, 5.74) is 17.3. The van der Waals surface area contributed by atoms with Gasteiger partial charge >= 0.3 is 0 Å². The highest BCUT2D eigenvalue weighted by Gasteiger charge is 2.38. The maximum atomic E-state index is 5.34. The Kier molecular flexibility index (Phi) is 8.20. The summed E-state index contributed by atoms with van der Waals surface area (Å²) in [4.78, 5) is 10.7. The summed E-state index contributed by atoms with van der Waals surface area (Å²) >= 11 is 0. The number of fused-ring (bicyclic) bond motifs is 6. The summed E-state index contributed by atoms with van der Waals surface area (Å²) in [7, 11) is 0. The molecule has 0 spiro atoms. The average molecular weight is 753 g/mol. The number of hydrogen-bond donors (Lipinski definition) is 0.